The van der Waals surface area contributed by atoms with Crippen molar-refractivity contribution in [3.8, 4) is 0 Å². The van der Waals surface area contributed by atoms with Crippen LogP contribution in [0.3, 0.4) is 0 Å². The van der Waals surface area contributed by atoms with Crippen molar-refractivity contribution in [2.24, 2.45) is 13.0 Å². The monoisotopic (exact) mass is 371 g/mol. The Morgan fingerprint density at radius 3 is 2.52 bits per heavy atom. The second-order valence-electron chi connectivity index (χ2n) is 7.37. The molecule has 0 N–H and O–H groups in total. The van der Waals surface area contributed by atoms with Gasteiger partial charge in [0.15, 0.2) is 11.2 Å². The van der Waals surface area contributed by atoms with E-state index in [1.54, 1.807) is 19.2 Å². The molecule has 8 heteroatoms. The number of fused-ring (bicyclic) bond motifs is 3. The van der Waals surface area contributed by atoms with Crippen molar-refractivity contribution in [3.05, 3.63) is 50.9 Å². The Hall–Kier alpha value is -2.90. The Bertz CT molecular complexity index is 1120. The fourth-order valence-electron chi connectivity index (χ4n) is 3.66. The van der Waals surface area contributed by atoms with E-state index in [2.05, 4.69) is 4.98 Å². The maximum Gasteiger partial charge on any atom is 0.332 e. The van der Waals surface area contributed by atoms with Crippen LogP contribution in [0.15, 0.2) is 33.9 Å². The van der Waals surface area contributed by atoms with E-state index in [1.165, 1.54) is 21.3 Å². The molecule has 0 unspecified atom stereocenters. The molecule has 1 aliphatic rings. The molecule has 1 aromatic carbocycles. The van der Waals surface area contributed by atoms with E-state index in [0.29, 0.717) is 36.7 Å². The molecule has 3 aromatic rings. The van der Waals surface area contributed by atoms with E-state index in [-0.39, 0.29) is 23.0 Å². The molecule has 7 nitrogen and oxygen atoms in total. The molecule has 4 rings (SSSR count). The average Bonchev–Trinajstić information content (AvgIpc) is 3.04. The summed E-state index contributed by atoms with van der Waals surface area (Å²) in [5, 5.41) is 0. The molecule has 142 valence electrons. The molecule has 2 aromatic heterocycles. The molecule has 0 bridgehead atoms. The van der Waals surface area contributed by atoms with Gasteiger partial charge in [-0.2, -0.15) is 4.98 Å². The molecule has 0 spiro atoms. The van der Waals surface area contributed by atoms with Crippen LogP contribution in [0.2, 0.25) is 0 Å². The summed E-state index contributed by atoms with van der Waals surface area (Å²) < 4.78 is 17.9. The quantitative estimate of drug-likeness (QED) is 0.708. The third kappa shape index (κ3) is 2.75. The van der Waals surface area contributed by atoms with Gasteiger partial charge < -0.3 is 9.47 Å². The Balaban J connectivity index is 1.96. The largest absolute Gasteiger partial charge is 0.332 e. The maximum absolute atomic E-state index is 13.3. The van der Waals surface area contributed by atoms with Gasteiger partial charge in [0.1, 0.15) is 5.82 Å². The summed E-state index contributed by atoms with van der Waals surface area (Å²) in [6.45, 7) is 5.67. The Morgan fingerprint density at radius 2 is 1.85 bits per heavy atom. The number of rotatable bonds is 3. The smallest absolute Gasteiger partial charge is 0.312 e. The third-order valence-corrected chi connectivity index (χ3v) is 4.90. The summed E-state index contributed by atoms with van der Waals surface area (Å²) in [6, 6.07) is 6.20. The minimum absolute atomic E-state index is 0.173. The zero-order chi connectivity index (χ0) is 19.3. The highest BCUT2D eigenvalue weighted by Gasteiger charge is 2.27. The average molecular weight is 371 g/mol. The van der Waals surface area contributed by atoms with Crippen molar-refractivity contribution in [2.75, 3.05) is 11.4 Å². The van der Waals surface area contributed by atoms with Gasteiger partial charge in [0.05, 0.1) is 0 Å². The molecular weight excluding hydrogens is 349 g/mol. The highest BCUT2D eigenvalue weighted by Crippen LogP contribution is 2.30. The van der Waals surface area contributed by atoms with Crippen molar-refractivity contribution >= 4 is 22.8 Å². The third-order valence-electron chi connectivity index (χ3n) is 4.90. The lowest BCUT2D eigenvalue weighted by Gasteiger charge is -2.29. The number of anilines is 2. The second kappa shape index (κ2) is 6.37. The van der Waals surface area contributed by atoms with Crippen molar-refractivity contribution in [3.63, 3.8) is 0 Å². The first-order valence-corrected chi connectivity index (χ1v) is 9.11. The van der Waals surface area contributed by atoms with Crippen LogP contribution in [0.1, 0.15) is 20.3 Å². The molecule has 1 aliphatic heterocycles. The van der Waals surface area contributed by atoms with Gasteiger partial charge in [0, 0.05) is 32.4 Å². The summed E-state index contributed by atoms with van der Waals surface area (Å²) >= 11 is 0. The predicted octanol–water partition coefficient (Wildman–Crippen LogP) is 2.23. The SMILES string of the molecule is CC(C)Cn1c(=O)c2c(nc3n2CCCN3c2ccc(F)cc2)n(C)c1=O. The van der Waals surface area contributed by atoms with Crippen LogP contribution in [-0.2, 0) is 20.1 Å². The zero-order valence-electron chi connectivity index (χ0n) is 15.6. The number of imidazole rings is 1. The molecular formula is C19H22FN5O2. The molecule has 0 amide bonds. The normalized spacial score (nSPS) is 14.2. The van der Waals surface area contributed by atoms with Gasteiger partial charge in [0.25, 0.3) is 5.56 Å². The first kappa shape index (κ1) is 17.5. The molecule has 0 radical (unpaired) electrons. The lowest BCUT2D eigenvalue weighted by Crippen LogP contribution is -2.40. The van der Waals surface area contributed by atoms with Crippen LogP contribution in [0.4, 0.5) is 16.0 Å². The zero-order valence-corrected chi connectivity index (χ0v) is 15.6. The minimum atomic E-state index is -0.357. The Labute approximate surface area is 155 Å². The number of aryl methyl sites for hydroxylation is 2. The van der Waals surface area contributed by atoms with Gasteiger partial charge in [-0.05, 0) is 36.6 Å². The second-order valence-corrected chi connectivity index (χ2v) is 7.37. The highest BCUT2D eigenvalue weighted by molar-refractivity contribution is 5.77. The molecule has 0 atom stereocenters. The Morgan fingerprint density at radius 1 is 1.15 bits per heavy atom. The lowest BCUT2D eigenvalue weighted by atomic mass is 10.2. The minimum Gasteiger partial charge on any atom is -0.312 e. The van der Waals surface area contributed by atoms with E-state index < -0.39 is 0 Å². The highest BCUT2D eigenvalue weighted by atomic mass is 19.1. The predicted molar refractivity (Wildman–Crippen MR) is 102 cm³/mol. The summed E-state index contributed by atoms with van der Waals surface area (Å²) in [4.78, 5) is 32.3. The number of benzene rings is 1. The number of aromatic nitrogens is 4. The van der Waals surface area contributed by atoms with Crippen LogP contribution in [0.5, 0.6) is 0 Å². The van der Waals surface area contributed by atoms with E-state index in [0.717, 1.165) is 12.1 Å². The van der Waals surface area contributed by atoms with Crippen molar-refractivity contribution in [2.45, 2.75) is 33.4 Å². The summed E-state index contributed by atoms with van der Waals surface area (Å²) in [6.07, 6.45) is 0.822. The molecule has 27 heavy (non-hydrogen) atoms. The number of nitrogens with zero attached hydrogens (tertiary/aromatic N) is 5. The van der Waals surface area contributed by atoms with Crippen molar-refractivity contribution in [1.29, 1.82) is 0 Å². The van der Waals surface area contributed by atoms with Gasteiger partial charge in [-0.3, -0.25) is 13.9 Å². The fraction of sp³-hybridized carbons (Fsp3) is 0.421. The molecule has 0 saturated carbocycles. The van der Waals surface area contributed by atoms with Gasteiger partial charge in [-0.15, -0.1) is 0 Å². The maximum atomic E-state index is 13.3. The van der Waals surface area contributed by atoms with Gasteiger partial charge in [-0.1, -0.05) is 13.8 Å². The lowest BCUT2D eigenvalue weighted by molar-refractivity contribution is 0.483. The number of hydrogen-bond acceptors (Lipinski definition) is 4. The van der Waals surface area contributed by atoms with Crippen LogP contribution in [0.25, 0.3) is 11.2 Å². The fourth-order valence-corrected chi connectivity index (χ4v) is 3.66. The number of hydrogen-bond donors (Lipinski definition) is 0. The standard InChI is InChI=1S/C19H22FN5O2/c1-12(2)11-25-17(26)15-16(22(3)19(25)27)21-18-23(9-4-10-24(15)18)14-7-5-13(20)6-8-14/h5-8,12H,4,9-11H2,1-3H3. The van der Waals surface area contributed by atoms with Crippen molar-refractivity contribution in [1.82, 2.24) is 18.7 Å². The molecule has 0 saturated heterocycles. The van der Waals surface area contributed by atoms with E-state index in [4.69, 9.17) is 0 Å². The number of halogens is 1. The van der Waals surface area contributed by atoms with Gasteiger partial charge in [0.2, 0.25) is 5.95 Å². The first-order chi connectivity index (χ1) is 12.9. The topological polar surface area (TPSA) is 65.1 Å². The van der Waals surface area contributed by atoms with E-state index in [1.807, 2.05) is 23.3 Å². The van der Waals surface area contributed by atoms with Crippen LogP contribution in [0, 0.1) is 11.7 Å². The summed E-state index contributed by atoms with van der Waals surface area (Å²) in [5.74, 6) is 0.479. The van der Waals surface area contributed by atoms with Crippen LogP contribution in [-0.4, -0.2) is 25.2 Å². The summed E-state index contributed by atoms with van der Waals surface area (Å²) in [7, 11) is 1.64. The molecule has 0 fully saturated rings. The van der Waals surface area contributed by atoms with Gasteiger partial charge >= 0.3 is 5.69 Å². The molecule has 0 aliphatic carbocycles. The van der Waals surface area contributed by atoms with Gasteiger partial charge in [-0.25, -0.2) is 9.18 Å². The van der Waals surface area contributed by atoms with E-state index in [9.17, 15) is 14.0 Å². The molecule has 3 heterocycles. The van der Waals surface area contributed by atoms with E-state index >= 15 is 0 Å². The summed E-state index contributed by atoms with van der Waals surface area (Å²) in [5.41, 5.74) is 0.972. The van der Waals surface area contributed by atoms with Crippen molar-refractivity contribution < 1.29 is 4.39 Å². The first-order valence-electron chi connectivity index (χ1n) is 9.11. The Kier molecular flexibility index (Phi) is 4.13. The van der Waals surface area contributed by atoms with Crippen LogP contribution < -0.4 is 16.1 Å². The van der Waals surface area contributed by atoms with Crippen LogP contribution >= 0.6 is 0 Å².